The van der Waals surface area contributed by atoms with Crippen LogP contribution in [0.2, 0.25) is 0 Å². The van der Waals surface area contributed by atoms with Gasteiger partial charge in [-0.2, -0.15) is 13.2 Å². The number of carbonyl (C=O) groups is 1. The summed E-state index contributed by atoms with van der Waals surface area (Å²) >= 11 is 4.88. The van der Waals surface area contributed by atoms with E-state index in [2.05, 4.69) is 34.9 Å². The number of alkyl halides is 4. The van der Waals surface area contributed by atoms with Crippen molar-refractivity contribution in [2.45, 2.75) is 57.0 Å². The standard InChI is InChI=1S/C26H25BrF3NO3S/c1-13(2)23-16-7-6-15(26(28,29)30)11-22(16)35-21(23)9-8-19-17-10-14(3)18(12-20(17)34-31-19)25(4,27)24(32)33-5/h6-7,10-13H,8-9H2,1-5H3. The Morgan fingerprint density at radius 3 is 2.51 bits per heavy atom. The SMILES string of the molecule is COC(=O)C(C)(Br)c1cc2onc(CCc3sc4cc(C(F)(F)F)ccc4c3C(C)C)c2cc1C. The monoisotopic (exact) mass is 567 g/mol. The van der Waals surface area contributed by atoms with Crippen LogP contribution in [-0.2, 0) is 32.9 Å². The van der Waals surface area contributed by atoms with Gasteiger partial charge in [0.15, 0.2) is 5.58 Å². The maximum atomic E-state index is 13.2. The smallest absolute Gasteiger partial charge is 0.416 e. The summed E-state index contributed by atoms with van der Waals surface area (Å²) in [4.78, 5) is 13.3. The summed E-state index contributed by atoms with van der Waals surface area (Å²) in [5, 5.41) is 5.99. The van der Waals surface area contributed by atoms with Gasteiger partial charge in [0.25, 0.3) is 0 Å². The molecule has 0 saturated heterocycles. The lowest BCUT2D eigenvalue weighted by atomic mass is 9.93. The molecule has 9 heteroatoms. The van der Waals surface area contributed by atoms with Crippen LogP contribution < -0.4 is 0 Å². The highest BCUT2D eigenvalue weighted by atomic mass is 79.9. The lowest BCUT2D eigenvalue weighted by Gasteiger charge is -2.21. The second kappa shape index (κ2) is 9.24. The molecule has 4 rings (SSSR count). The van der Waals surface area contributed by atoms with Gasteiger partial charge in [0, 0.05) is 15.0 Å². The Morgan fingerprint density at radius 2 is 1.89 bits per heavy atom. The van der Waals surface area contributed by atoms with Crippen molar-refractivity contribution in [3.63, 3.8) is 0 Å². The number of fused-ring (bicyclic) bond motifs is 2. The van der Waals surface area contributed by atoms with Gasteiger partial charge in [-0.3, -0.25) is 4.79 Å². The second-order valence-electron chi connectivity index (χ2n) is 9.09. The van der Waals surface area contributed by atoms with Gasteiger partial charge in [0.1, 0.15) is 4.32 Å². The highest BCUT2D eigenvalue weighted by Crippen LogP contribution is 2.41. The molecule has 0 fully saturated rings. The fourth-order valence-corrected chi connectivity index (χ4v) is 6.51. The van der Waals surface area contributed by atoms with Gasteiger partial charge in [-0.15, -0.1) is 11.3 Å². The Morgan fingerprint density at radius 1 is 1.17 bits per heavy atom. The third-order valence-corrected chi connectivity index (χ3v) is 8.24. The molecule has 1 unspecified atom stereocenters. The number of rotatable bonds is 6. The van der Waals surface area contributed by atoms with Gasteiger partial charge in [0.05, 0.1) is 18.4 Å². The Kier molecular flexibility index (Phi) is 6.79. The molecule has 4 aromatic rings. The van der Waals surface area contributed by atoms with Gasteiger partial charge in [0.2, 0.25) is 0 Å². The van der Waals surface area contributed by atoms with Crippen LogP contribution >= 0.6 is 27.3 Å². The second-order valence-corrected chi connectivity index (χ2v) is 11.8. The molecule has 0 amide bonds. The molecule has 0 spiro atoms. The maximum Gasteiger partial charge on any atom is 0.416 e. The number of carbonyl (C=O) groups excluding carboxylic acids is 1. The van der Waals surface area contributed by atoms with Gasteiger partial charge < -0.3 is 9.26 Å². The van der Waals surface area contributed by atoms with Crippen molar-refractivity contribution < 1.29 is 27.2 Å². The molecule has 0 saturated carbocycles. The van der Waals surface area contributed by atoms with Gasteiger partial charge in [-0.25, -0.2) is 0 Å². The first-order valence-electron chi connectivity index (χ1n) is 11.1. The fourth-order valence-electron chi connectivity index (χ4n) is 4.52. The van der Waals surface area contributed by atoms with Crippen molar-refractivity contribution >= 4 is 54.3 Å². The van der Waals surface area contributed by atoms with E-state index in [1.165, 1.54) is 24.5 Å². The fraction of sp³-hybridized carbons (Fsp3) is 0.385. The highest BCUT2D eigenvalue weighted by molar-refractivity contribution is 9.10. The number of hydrogen-bond acceptors (Lipinski definition) is 5. The molecule has 0 radical (unpaired) electrons. The first-order valence-corrected chi connectivity index (χ1v) is 12.7. The van der Waals surface area contributed by atoms with Crippen LogP contribution in [0.1, 0.15) is 59.5 Å². The molecule has 0 aliphatic heterocycles. The predicted molar refractivity (Wildman–Crippen MR) is 135 cm³/mol. The summed E-state index contributed by atoms with van der Waals surface area (Å²) in [5.41, 5.74) is 3.39. The van der Waals surface area contributed by atoms with Crippen LogP contribution in [0.4, 0.5) is 13.2 Å². The van der Waals surface area contributed by atoms with Crippen molar-refractivity contribution in [2.75, 3.05) is 7.11 Å². The topological polar surface area (TPSA) is 52.3 Å². The quantitative estimate of drug-likeness (QED) is 0.174. The van der Waals surface area contributed by atoms with E-state index in [0.29, 0.717) is 23.1 Å². The third-order valence-electron chi connectivity index (χ3n) is 6.27. The largest absolute Gasteiger partial charge is 0.468 e. The minimum absolute atomic E-state index is 0.171. The first-order chi connectivity index (χ1) is 16.3. The Bertz CT molecular complexity index is 1420. The van der Waals surface area contributed by atoms with Crippen LogP contribution in [0.15, 0.2) is 34.9 Å². The normalized spacial score (nSPS) is 14.1. The summed E-state index contributed by atoms with van der Waals surface area (Å²) in [6.07, 6.45) is -3.16. The van der Waals surface area contributed by atoms with Gasteiger partial charge >= 0.3 is 12.1 Å². The first kappa shape index (κ1) is 25.7. The summed E-state index contributed by atoms with van der Waals surface area (Å²) in [6, 6.07) is 7.72. The lowest BCUT2D eigenvalue weighted by molar-refractivity contribution is -0.143. The van der Waals surface area contributed by atoms with Crippen LogP contribution in [-0.4, -0.2) is 18.2 Å². The van der Waals surface area contributed by atoms with Crippen molar-refractivity contribution in [2.24, 2.45) is 0 Å². The molecule has 0 aliphatic carbocycles. The average molecular weight is 568 g/mol. The summed E-state index contributed by atoms with van der Waals surface area (Å²) in [6.45, 7) is 7.74. The number of esters is 1. The van der Waals surface area contributed by atoms with Gasteiger partial charge in [-0.05, 0) is 78.9 Å². The Hall–Kier alpha value is -2.39. The number of benzene rings is 2. The third kappa shape index (κ3) is 4.72. The van der Waals surface area contributed by atoms with Crippen molar-refractivity contribution in [1.29, 1.82) is 0 Å². The van der Waals surface area contributed by atoms with E-state index in [1.54, 1.807) is 19.1 Å². The van der Waals surface area contributed by atoms with Crippen molar-refractivity contribution in [3.05, 3.63) is 63.2 Å². The van der Waals surface area contributed by atoms with E-state index in [9.17, 15) is 18.0 Å². The van der Waals surface area contributed by atoms with E-state index < -0.39 is 22.0 Å². The predicted octanol–water partition coefficient (Wildman–Crippen LogP) is 8.06. The molecule has 2 aromatic heterocycles. The molecular formula is C26H25BrF3NO3S. The minimum Gasteiger partial charge on any atom is -0.468 e. The minimum atomic E-state index is -4.37. The van der Waals surface area contributed by atoms with E-state index in [0.717, 1.165) is 44.1 Å². The zero-order valence-electron chi connectivity index (χ0n) is 20.0. The Labute approximate surface area is 213 Å². The van der Waals surface area contributed by atoms with Crippen molar-refractivity contribution in [1.82, 2.24) is 5.16 Å². The molecule has 4 nitrogen and oxygen atoms in total. The molecular weight excluding hydrogens is 543 g/mol. The number of methoxy groups -OCH3 is 1. The Balaban J connectivity index is 1.68. The molecule has 186 valence electrons. The number of ether oxygens (including phenoxy) is 1. The van der Waals surface area contributed by atoms with Crippen LogP contribution in [0.3, 0.4) is 0 Å². The maximum absolute atomic E-state index is 13.2. The van der Waals surface area contributed by atoms with E-state index >= 15 is 0 Å². The van der Waals surface area contributed by atoms with Crippen molar-refractivity contribution in [3.8, 4) is 0 Å². The number of nitrogens with zero attached hydrogens (tertiary/aromatic N) is 1. The van der Waals surface area contributed by atoms with E-state index in [-0.39, 0.29) is 5.92 Å². The van der Waals surface area contributed by atoms with Crippen LogP contribution in [0, 0.1) is 6.92 Å². The average Bonchev–Trinajstić information content (AvgIpc) is 3.35. The summed E-state index contributed by atoms with van der Waals surface area (Å²) in [5.74, 6) is -0.247. The molecule has 2 aromatic carbocycles. The summed E-state index contributed by atoms with van der Waals surface area (Å²) in [7, 11) is 1.34. The molecule has 1 atom stereocenters. The summed E-state index contributed by atoms with van der Waals surface area (Å²) < 4.78 is 49.8. The van der Waals surface area contributed by atoms with Crippen LogP contribution in [0.5, 0.6) is 0 Å². The zero-order valence-corrected chi connectivity index (χ0v) is 22.4. The van der Waals surface area contributed by atoms with Gasteiger partial charge in [-0.1, -0.05) is 41.0 Å². The molecule has 0 N–H and O–H groups in total. The zero-order chi connectivity index (χ0) is 25.7. The number of halogens is 4. The molecule has 0 aliphatic rings. The highest BCUT2D eigenvalue weighted by Gasteiger charge is 2.35. The number of aromatic nitrogens is 1. The number of aryl methyl sites for hydroxylation is 3. The molecule has 35 heavy (non-hydrogen) atoms. The van der Waals surface area contributed by atoms with E-state index in [4.69, 9.17) is 9.26 Å². The number of hydrogen-bond donors (Lipinski definition) is 0. The van der Waals surface area contributed by atoms with E-state index in [1.807, 2.05) is 13.0 Å². The molecule has 0 bridgehead atoms. The number of thiophene rings is 1. The lowest BCUT2D eigenvalue weighted by Crippen LogP contribution is -2.27. The van der Waals surface area contributed by atoms with Crippen LogP contribution in [0.25, 0.3) is 21.1 Å². The molecule has 2 heterocycles.